The van der Waals surface area contributed by atoms with Gasteiger partial charge in [-0.1, -0.05) is 31.9 Å². The van der Waals surface area contributed by atoms with Crippen LogP contribution in [0.5, 0.6) is 5.75 Å². The topological polar surface area (TPSA) is 154 Å². The second-order valence-corrected chi connectivity index (χ2v) is 18.8. The highest BCUT2D eigenvalue weighted by atomic mass is 16.6. The maximum absolute atomic E-state index is 15.5. The third-order valence-corrected chi connectivity index (χ3v) is 16.0. The molecule has 6 heterocycles. The Kier molecular flexibility index (Phi) is 10.2. The molecule has 62 heavy (non-hydrogen) atoms. The second kappa shape index (κ2) is 14.9. The third kappa shape index (κ3) is 5.58. The van der Waals surface area contributed by atoms with Crippen LogP contribution in [0.15, 0.2) is 42.5 Å². The molecule has 0 radical (unpaired) electrons. The van der Waals surface area contributed by atoms with Gasteiger partial charge >= 0.3 is 17.9 Å². The number of rotatable bonds is 7. The molecule has 13 nitrogen and oxygen atoms in total. The van der Waals surface area contributed by atoms with Crippen molar-refractivity contribution < 1.29 is 43.5 Å². The molecule has 10 atom stereocenters. The molecule has 13 heteroatoms. The summed E-state index contributed by atoms with van der Waals surface area (Å²) >= 11 is 0. The number of methoxy groups -OCH3 is 3. The third-order valence-electron chi connectivity index (χ3n) is 16.0. The average molecular weight is 849 g/mol. The summed E-state index contributed by atoms with van der Waals surface area (Å²) in [4.78, 5) is 53.4. The smallest absolute Gasteiger partial charge is 0.344 e. The number of piperidine rings is 1. The zero-order chi connectivity index (χ0) is 44.1. The zero-order valence-corrected chi connectivity index (χ0v) is 37.2. The Hall–Kier alpha value is -4.87. The Labute approximate surface area is 363 Å². The lowest BCUT2D eigenvalue weighted by Crippen LogP contribution is -2.81. The van der Waals surface area contributed by atoms with Crippen LogP contribution in [0.25, 0.3) is 10.9 Å². The van der Waals surface area contributed by atoms with E-state index in [4.69, 9.17) is 18.9 Å². The fourth-order valence-corrected chi connectivity index (χ4v) is 13.8. The van der Waals surface area contributed by atoms with Crippen LogP contribution in [0.2, 0.25) is 0 Å². The number of fused-ring (bicyclic) bond motifs is 6. The predicted molar refractivity (Wildman–Crippen MR) is 233 cm³/mol. The summed E-state index contributed by atoms with van der Waals surface area (Å²) in [6.45, 7) is 10.3. The van der Waals surface area contributed by atoms with Gasteiger partial charge in [0.15, 0.2) is 6.10 Å². The maximum atomic E-state index is 15.5. The fraction of sp³-hybridized carbons (Fsp3) is 0.571. The number of likely N-dealkylation sites (N-methyl/N-ethyl adjacent to an activating group) is 1. The lowest BCUT2D eigenvalue weighted by atomic mass is 9.47. The first-order chi connectivity index (χ1) is 29.7. The zero-order valence-electron chi connectivity index (χ0n) is 37.2. The van der Waals surface area contributed by atoms with Crippen molar-refractivity contribution in [2.45, 2.75) is 106 Å². The minimum atomic E-state index is -2.32. The number of aromatic nitrogens is 1. The van der Waals surface area contributed by atoms with Crippen molar-refractivity contribution in [3.63, 3.8) is 0 Å². The summed E-state index contributed by atoms with van der Waals surface area (Å²) in [7, 11) is 6.14. The van der Waals surface area contributed by atoms with Crippen molar-refractivity contribution >= 4 is 34.5 Å². The Morgan fingerprint density at radius 2 is 1.74 bits per heavy atom. The van der Waals surface area contributed by atoms with E-state index in [-0.39, 0.29) is 12.0 Å². The minimum Gasteiger partial charge on any atom is -0.496 e. The van der Waals surface area contributed by atoms with Gasteiger partial charge in [-0.3, -0.25) is 19.4 Å². The molecule has 3 fully saturated rings. The molecule has 1 unspecified atom stereocenters. The van der Waals surface area contributed by atoms with Crippen LogP contribution in [0.4, 0.5) is 5.69 Å². The normalized spacial score (nSPS) is 35.5. The molecule has 2 saturated heterocycles. The van der Waals surface area contributed by atoms with Gasteiger partial charge in [0, 0.05) is 96.5 Å². The van der Waals surface area contributed by atoms with Gasteiger partial charge in [0.2, 0.25) is 5.60 Å². The predicted octanol–water partition coefficient (Wildman–Crippen LogP) is 4.36. The molecule has 6 aliphatic rings. The first-order valence-corrected chi connectivity index (χ1v) is 22.1. The number of carbonyl (C=O) groups is 3. The summed E-state index contributed by atoms with van der Waals surface area (Å²) in [6.07, 6.45) is 5.80. The average Bonchev–Trinajstić information content (AvgIpc) is 3.92. The molecule has 0 amide bonds. The lowest BCUT2D eigenvalue weighted by molar-refractivity contribution is -0.228. The van der Waals surface area contributed by atoms with E-state index in [1.54, 1.807) is 7.11 Å². The molecule has 1 aliphatic carbocycles. The molecule has 9 rings (SSSR count). The molecular formula is C49H60N4O9. The van der Waals surface area contributed by atoms with Gasteiger partial charge in [-0.15, -0.1) is 5.92 Å². The van der Waals surface area contributed by atoms with Gasteiger partial charge in [-0.2, -0.15) is 0 Å². The lowest BCUT2D eigenvalue weighted by Gasteiger charge is -2.63. The number of nitrogens with one attached hydrogen (secondary N) is 1. The number of hydrogen-bond acceptors (Lipinski definition) is 12. The first-order valence-electron chi connectivity index (χ1n) is 22.1. The van der Waals surface area contributed by atoms with E-state index in [1.165, 1.54) is 21.1 Å². The molecule has 3 N–H and O–H groups in total. The number of nitrogens with zero attached hydrogens (tertiary/aromatic N) is 3. The van der Waals surface area contributed by atoms with Crippen LogP contribution in [-0.4, -0.2) is 133 Å². The fourth-order valence-electron chi connectivity index (χ4n) is 13.8. The number of carbonyl (C=O) groups excluding carboxylic acids is 3. The number of esters is 3. The highest BCUT2D eigenvalue weighted by Gasteiger charge is 2.80. The molecule has 1 saturated carbocycles. The Bertz CT molecular complexity index is 2450. The van der Waals surface area contributed by atoms with Crippen molar-refractivity contribution in [1.82, 2.24) is 14.8 Å². The summed E-state index contributed by atoms with van der Waals surface area (Å²) < 4.78 is 24.0. The highest BCUT2D eigenvalue weighted by Crippen LogP contribution is 2.68. The van der Waals surface area contributed by atoms with E-state index in [2.05, 4.69) is 44.8 Å². The standard InChI is InChI=1S/C49H60N4O9/c1-9-13-30-14-15-36-33(22-30)32-16-20-52-27-31(25-45(57,10-2)28-52)26-48(39(32)50-36,43(55)60-7)35-23-34-37(24-38(35)59-6)51(5)41-47(34)18-21-53-19-12-17-46(11-3,40(47)53)42(62-29(4)54)49(41,58)44(56)61-8/h12,14-15,17,22-24,31,40-42,50,57-58H,10-11,16,18-21,25-28H2,1-8H3/t31-,40+,41-,42-,45+,46-,47-,48+,49+/m1/s1. The van der Waals surface area contributed by atoms with E-state index in [1.807, 2.05) is 57.0 Å². The largest absolute Gasteiger partial charge is 0.496 e. The molecule has 2 bridgehead atoms. The van der Waals surface area contributed by atoms with E-state index < -0.39 is 57.5 Å². The number of benzene rings is 2. The van der Waals surface area contributed by atoms with Crippen LogP contribution in [0, 0.1) is 23.2 Å². The van der Waals surface area contributed by atoms with Crippen molar-refractivity contribution in [3.8, 4) is 17.6 Å². The first kappa shape index (κ1) is 42.4. The molecule has 1 spiro atoms. The number of aliphatic hydroxyl groups is 2. The summed E-state index contributed by atoms with van der Waals surface area (Å²) in [5.41, 5.74) is -1.04. The molecule has 1 aromatic heterocycles. The molecule has 5 aliphatic heterocycles. The van der Waals surface area contributed by atoms with E-state index in [9.17, 15) is 19.8 Å². The van der Waals surface area contributed by atoms with Crippen molar-refractivity contribution in [2.24, 2.45) is 11.3 Å². The molecule has 2 aromatic carbocycles. The molecule has 3 aromatic rings. The van der Waals surface area contributed by atoms with Gasteiger partial charge in [-0.05, 0) is 93.3 Å². The van der Waals surface area contributed by atoms with Gasteiger partial charge in [0.1, 0.15) is 11.2 Å². The van der Waals surface area contributed by atoms with Gasteiger partial charge in [0.25, 0.3) is 0 Å². The van der Waals surface area contributed by atoms with Crippen LogP contribution >= 0.6 is 0 Å². The van der Waals surface area contributed by atoms with Gasteiger partial charge < -0.3 is 39.0 Å². The van der Waals surface area contributed by atoms with Gasteiger partial charge in [-0.25, -0.2) is 4.79 Å². The number of aromatic amines is 1. The number of H-pyrrole nitrogens is 1. The minimum absolute atomic E-state index is 0.125. The SMILES string of the molecule is CC#Cc1ccc2[nH]c3c(c2c1)CCN1C[C@H](C[C@@](O)(CC)C1)C[C@]3(C(=O)OC)c1cc2c(cc1OC)N(C)[C@H]1[C@@](O)(C(=O)OC)[C@H](OC(C)=O)[C@]3(CC)C=CCN4CC[C@]21[C@@H]43. The molecular weight excluding hydrogens is 789 g/mol. The van der Waals surface area contributed by atoms with Crippen LogP contribution in [0.1, 0.15) is 87.7 Å². The van der Waals surface area contributed by atoms with Crippen LogP contribution in [-0.2, 0) is 45.8 Å². The highest BCUT2D eigenvalue weighted by molar-refractivity contribution is 5.95. The maximum Gasteiger partial charge on any atom is 0.344 e. The van der Waals surface area contributed by atoms with E-state index >= 15 is 4.79 Å². The second-order valence-electron chi connectivity index (χ2n) is 18.8. The number of ether oxygens (including phenoxy) is 4. The Balaban J connectivity index is 1.37. The summed E-state index contributed by atoms with van der Waals surface area (Å²) in [6, 6.07) is 8.87. The van der Waals surface area contributed by atoms with Crippen molar-refractivity contribution in [3.05, 3.63) is 70.4 Å². The molecule has 330 valence electrons. The van der Waals surface area contributed by atoms with E-state index in [0.717, 1.165) is 39.0 Å². The van der Waals surface area contributed by atoms with Crippen molar-refractivity contribution in [2.75, 3.05) is 66.0 Å². The summed E-state index contributed by atoms with van der Waals surface area (Å²) in [5.74, 6) is 4.61. The quantitative estimate of drug-likeness (QED) is 0.134. The van der Waals surface area contributed by atoms with Crippen LogP contribution in [0.3, 0.4) is 0 Å². The Morgan fingerprint density at radius 3 is 2.42 bits per heavy atom. The summed E-state index contributed by atoms with van der Waals surface area (Å²) in [5, 5.41) is 26.4. The monoisotopic (exact) mass is 848 g/mol. The van der Waals surface area contributed by atoms with Crippen molar-refractivity contribution in [1.29, 1.82) is 0 Å². The number of anilines is 1. The Morgan fingerprint density at radius 1 is 0.968 bits per heavy atom. The number of hydrogen-bond donors (Lipinski definition) is 3. The van der Waals surface area contributed by atoms with Gasteiger partial charge in [0.05, 0.1) is 33.0 Å². The van der Waals surface area contributed by atoms with Crippen LogP contribution < -0.4 is 9.64 Å². The van der Waals surface area contributed by atoms with E-state index in [0.29, 0.717) is 82.6 Å².